The number of carbonyl (C=O) groups is 1. The van der Waals surface area contributed by atoms with Crippen molar-refractivity contribution >= 4 is 18.1 Å². The maximum atomic E-state index is 11.7. The first kappa shape index (κ1) is 22.6. The second-order valence-corrected chi connectivity index (χ2v) is 8.20. The number of hydrogen-bond acceptors (Lipinski definition) is 7. The lowest BCUT2D eigenvalue weighted by atomic mass is 9.96. The highest BCUT2D eigenvalue weighted by Crippen LogP contribution is 2.31. The highest BCUT2D eigenvalue weighted by atomic mass is 32.1. The largest absolute Gasteiger partial charge is 0.394 e. The predicted octanol–water partition coefficient (Wildman–Crippen LogP) is 1.09. The summed E-state index contributed by atoms with van der Waals surface area (Å²) in [6, 6.07) is 6.81. The molecule has 1 aromatic heterocycles. The van der Waals surface area contributed by atoms with Crippen molar-refractivity contribution in [2.24, 2.45) is 0 Å². The van der Waals surface area contributed by atoms with Crippen LogP contribution in [-0.2, 0) is 9.53 Å². The number of nitrogens with one attached hydrogen (secondary N) is 1. The highest BCUT2D eigenvalue weighted by molar-refractivity contribution is 7.71. The van der Waals surface area contributed by atoms with Crippen LogP contribution in [0.5, 0.6) is 0 Å². The van der Waals surface area contributed by atoms with E-state index < -0.39 is 43.1 Å². The van der Waals surface area contributed by atoms with E-state index in [1.807, 2.05) is 49.6 Å². The molecule has 3 rings (SSSR count). The topological polar surface area (TPSA) is 122 Å². The number of aryl methyl sites for hydroxylation is 1. The van der Waals surface area contributed by atoms with E-state index in [9.17, 15) is 20.1 Å². The Kier molecular flexibility index (Phi) is 6.73. The number of aliphatic hydroxyl groups excluding tert-OH is 3. The molecule has 1 amide bonds. The monoisotopic (exact) mass is 436 g/mol. The maximum absolute atomic E-state index is 11.7. The van der Waals surface area contributed by atoms with Crippen LogP contribution in [0.1, 0.15) is 38.6 Å². The lowest BCUT2D eigenvalue weighted by Gasteiger charge is -2.42. The van der Waals surface area contributed by atoms with E-state index in [0.29, 0.717) is 10.6 Å². The molecule has 1 fully saturated rings. The summed E-state index contributed by atoms with van der Waals surface area (Å²) in [6.45, 7) is 6.74. The van der Waals surface area contributed by atoms with Gasteiger partial charge in [0.15, 0.2) is 12.1 Å². The third-order valence-corrected chi connectivity index (χ3v) is 5.55. The van der Waals surface area contributed by atoms with Crippen molar-refractivity contribution in [3.8, 4) is 11.4 Å². The molecule has 9 nitrogen and oxygen atoms in total. The zero-order chi connectivity index (χ0) is 22.2. The van der Waals surface area contributed by atoms with E-state index in [0.717, 1.165) is 11.1 Å². The summed E-state index contributed by atoms with van der Waals surface area (Å²) in [5, 5.41) is 37.7. The Labute approximate surface area is 179 Å². The molecule has 10 heteroatoms. The first-order chi connectivity index (χ1) is 14.1. The van der Waals surface area contributed by atoms with Crippen LogP contribution in [0, 0.1) is 11.7 Å². The average molecular weight is 437 g/mol. The summed E-state index contributed by atoms with van der Waals surface area (Å²) in [5.41, 5.74) is 1.96. The van der Waals surface area contributed by atoms with Crippen molar-refractivity contribution in [2.45, 2.75) is 64.3 Å². The summed E-state index contributed by atoms with van der Waals surface area (Å²) in [5.74, 6) is 0.206. The van der Waals surface area contributed by atoms with Crippen molar-refractivity contribution < 1.29 is 24.9 Å². The third kappa shape index (κ3) is 4.19. The van der Waals surface area contributed by atoms with Crippen LogP contribution < -0.4 is 5.32 Å². The van der Waals surface area contributed by atoms with Crippen molar-refractivity contribution in [3.05, 3.63) is 34.6 Å². The van der Waals surface area contributed by atoms with Crippen molar-refractivity contribution in [3.63, 3.8) is 0 Å². The van der Waals surface area contributed by atoms with Crippen LogP contribution in [0.15, 0.2) is 24.3 Å². The van der Waals surface area contributed by atoms with Gasteiger partial charge >= 0.3 is 0 Å². The molecule has 0 saturated carbocycles. The molecule has 4 N–H and O–H groups in total. The third-order valence-electron chi connectivity index (χ3n) is 5.17. The minimum Gasteiger partial charge on any atom is -0.394 e. The molecule has 0 bridgehead atoms. The van der Waals surface area contributed by atoms with Crippen LogP contribution in [0.2, 0.25) is 0 Å². The van der Waals surface area contributed by atoms with Crippen LogP contribution in [0.25, 0.3) is 11.4 Å². The number of benzene rings is 1. The van der Waals surface area contributed by atoms with Gasteiger partial charge in [-0.1, -0.05) is 29.8 Å². The number of carbonyl (C=O) groups excluding carboxylic acids is 1. The van der Waals surface area contributed by atoms with Gasteiger partial charge in [0.25, 0.3) is 0 Å². The molecule has 1 saturated heterocycles. The molecule has 2 aromatic rings. The number of ether oxygens (including phenoxy) is 1. The quantitative estimate of drug-likeness (QED) is 0.518. The molecule has 1 aliphatic rings. The number of nitrogens with zero attached hydrogens (tertiary/aromatic N) is 3. The molecule has 30 heavy (non-hydrogen) atoms. The Balaban J connectivity index is 2.14. The summed E-state index contributed by atoms with van der Waals surface area (Å²) >= 11 is 5.67. The molecule has 0 spiro atoms. The van der Waals surface area contributed by atoms with Gasteiger partial charge in [-0.15, -0.1) is 5.10 Å². The second kappa shape index (κ2) is 8.94. The van der Waals surface area contributed by atoms with E-state index >= 15 is 0 Å². The molecule has 5 atom stereocenters. The van der Waals surface area contributed by atoms with Crippen molar-refractivity contribution in [1.82, 2.24) is 19.7 Å². The lowest BCUT2D eigenvalue weighted by molar-refractivity contribution is -0.219. The van der Waals surface area contributed by atoms with E-state index in [2.05, 4.69) is 10.4 Å². The zero-order valence-electron chi connectivity index (χ0n) is 17.4. The molecular formula is C20H28N4O5S. The summed E-state index contributed by atoms with van der Waals surface area (Å²) in [4.78, 5) is 11.7. The zero-order valence-corrected chi connectivity index (χ0v) is 18.2. The lowest BCUT2D eigenvalue weighted by Crippen LogP contribution is -2.62. The minimum atomic E-state index is -1.38. The van der Waals surface area contributed by atoms with Gasteiger partial charge in [-0.3, -0.25) is 9.36 Å². The summed E-state index contributed by atoms with van der Waals surface area (Å²) < 4.78 is 9.46. The van der Waals surface area contributed by atoms with E-state index in [1.165, 1.54) is 11.6 Å². The van der Waals surface area contributed by atoms with Gasteiger partial charge in [0.2, 0.25) is 10.7 Å². The predicted molar refractivity (Wildman–Crippen MR) is 112 cm³/mol. The molecular weight excluding hydrogens is 408 g/mol. The summed E-state index contributed by atoms with van der Waals surface area (Å²) in [7, 11) is 0. The number of aliphatic hydroxyl groups is 3. The van der Waals surface area contributed by atoms with Crippen molar-refractivity contribution in [2.75, 3.05) is 6.61 Å². The number of rotatable bonds is 5. The Hall–Kier alpha value is -2.11. The normalized spacial score (nSPS) is 26.7. The molecule has 1 aromatic carbocycles. The fraction of sp³-hybridized carbons (Fsp3) is 0.550. The molecule has 2 heterocycles. The second-order valence-electron chi connectivity index (χ2n) is 7.84. The number of amides is 1. The maximum Gasteiger partial charge on any atom is 0.217 e. The van der Waals surface area contributed by atoms with E-state index in [-0.39, 0.29) is 6.04 Å². The standard InChI is InChI=1S/C20H28N4O5S/c1-10(2)23-18(13-7-5-11(3)6-8-13)22-24(20(23)30)19-15(21-12(4)26)17(28)16(27)14(9-25)29-19/h5-8,10,14-17,19,25,27-28H,9H2,1-4H3,(H,21,26)/t14-,15-,16-,17+,19+/m1/s1. The smallest absolute Gasteiger partial charge is 0.217 e. The van der Waals surface area contributed by atoms with Crippen LogP contribution in [-0.4, -0.2) is 66.5 Å². The van der Waals surface area contributed by atoms with Crippen molar-refractivity contribution in [1.29, 1.82) is 0 Å². The SMILES string of the molecule is CC(=O)N[C@@H]1[C@H](O)[C@H](O)[C@@H](CO)O[C@@H]1n1nc(-c2ccc(C)cc2)n(C(C)C)c1=S. The number of hydrogen-bond donors (Lipinski definition) is 4. The van der Waals surface area contributed by atoms with Gasteiger partial charge in [0.1, 0.15) is 24.4 Å². The Morgan fingerprint density at radius 3 is 2.43 bits per heavy atom. The fourth-order valence-electron chi connectivity index (χ4n) is 3.62. The highest BCUT2D eigenvalue weighted by Gasteiger charge is 2.46. The van der Waals surface area contributed by atoms with Gasteiger partial charge in [-0.2, -0.15) is 0 Å². The fourth-order valence-corrected chi connectivity index (χ4v) is 4.06. The van der Waals surface area contributed by atoms with Gasteiger partial charge in [-0.25, -0.2) is 4.68 Å². The van der Waals surface area contributed by atoms with Crippen LogP contribution in [0.4, 0.5) is 0 Å². The molecule has 1 aliphatic heterocycles. The Morgan fingerprint density at radius 2 is 1.90 bits per heavy atom. The first-order valence-corrected chi connectivity index (χ1v) is 10.2. The van der Waals surface area contributed by atoms with E-state index in [1.54, 1.807) is 0 Å². The molecule has 0 aliphatic carbocycles. The van der Waals surface area contributed by atoms with Gasteiger partial charge < -0.3 is 25.4 Å². The molecule has 0 unspecified atom stereocenters. The van der Waals surface area contributed by atoms with Crippen LogP contribution >= 0.6 is 12.2 Å². The average Bonchev–Trinajstić information content (AvgIpc) is 3.03. The molecule has 0 radical (unpaired) electrons. The van der Waals surface area contributed by atoms with Crippen LogP contribution in [0.3, 0.4) is 0 Å². The van der Waals surface area contributed by atoms with E-state index in [4.69, 9.17) is 17.0 Å². The van der Waals surface area contributed by atoms with Gasteiger partial charge in [-0.05, 0) is 33.0 Å². The Bertz CT molecular complexity index is 955. The number of aromatic nitrogens is 3. The minimum absolute atomic E-state index is 0.0190. The van der Waals surface area contributed by atoms with Gasteiger partial charge in [0, 0.05) is 18.5 Å². The summed E-state index contributed by atoms with van der Waals surface area (Å²) in [6.07, 6.45) is -4.81. The first-order valence-electron chi connectivity index (χ1n) is 9.83. The Morgan fingerprint density at radius 1 is 1.27 bits per heavy atom. The van der Waals surface area contributed by atoms with Gasteiger partial charge in [0.05, 0.1) is 6.61 Å². The molecule has 164 valence electrons.